The maximum absolute atomic E-state index is 12.4. The minimum absolute atomic E-state index is 0.0673. The minimum Gasteiger partial charge on any atom is -0.462 e. The fraction of sp³-hybridized carbons (Fsp3) is 0.400. The Morgan fingerprint density at radius 3 is 2.81 bits per heavy atom. The number of ether oxygens (including phenoxy) is 1. The fourth-order valence-electron chi connectivity index (χ4n) is 3.26. The normalized spacial score (nSPS) is 13.9. The van der Waals surface area contributed by atoms with Gasteiger partial charge in [0.1, 0.15) is 5.00 Å². The van der Waals surface area contributed by atoms with Crippen molar-refractivity contribution in [3.05, 3.63) is 50.9 Å². The van der Waals surface area contributed by atoms with E-state index in [0.717, 1.165) is 30.4 Å². The van der Waals surface area contributed by atoms with Gasteiger partial charge >= 0.3 is 5.97 Å². The average Bonchev–Trinajstić information content (AvgIpc) is 3.20. The molecule has 1 aliphatic carbocycles. The molecule has 0 radical (unpaired) electrons. The second kappa shape index (κ2) is 8.87. The molecule has 0 saturated carbocycles. The number of anilines is 1. The first-order chi connectivity index (χ1) is 13.0. The zero-order chi connectivity index (χ0) is 19.4. The van der Waals surface area contributed by atoms with Gasteiger partial charge in [0.2, 0.25) is 5.91 Å². The van der Waals surface area contributed by atoms with Crippen molar-refractivity contribution >= 4 is 39.8 Å². The number of esters is 1. The molecule has 0 aliphatic heterocycles. The Balaban J connectivity index is 1.66. The summed E-state index contributed by atoms with van der Waals surface area (Å²) in [6, 6.07) is 7.48. The molecular formula is C20H23ClN2O3S. The monoisotopic (exact) mass is 406 g/mol. The summed E-state index contributed by atoms with van der Waals surface area (Å²) in [4.78, 5) is 26.0. The Morgan fingerprint density at radius 2 is 2.07 bits per heavy atom. The smallest absolute Gasteiger partial charge is 0.341 e. The molecule has 0 fully saturated rings. The number of hydrogen-bond donors (Lipinski definition) is 2. The van der Waals surface area contributed by atoms with E-state index in [1.807, 2.05) is 31.2 Å². The van der Waals surface area contributed by atoms with Gasteiger partial charge in [-0.25, -0.2) is 4.79 Å². The quantitative estimate of drug-likeness (QED) is 0.670. The van der Waals surface area contributed by atoms with Gasteiger partial charge in [-0.2, -0.15) is 0 Å². The summed E-state index contributed by atoms with van der Waals surface area (Å²) < 4.78 is 5.19. The van der Waals surface area contributed by atoms with E-state index in [0.29, 0.717) is 22.2 Å². The Hall–Kier alpha value is -1.89. The highest BCUT2D eigenvalue weighted by Crippen LogP contribution is 2.39. The van der Waals surface area contributed by atoms with Gasteiger partial charge in [-0.15, -0.1) is 11.3 Å². The lowest BCUT2D eigenvalue weighted by Gasteiger charge is -2.15. The van der Waals surface area contributed by atoms with Crippen LogP contribution in [0.5, 0.6) is 0 Å². The van der Waals surface area contributed by atoms with Crippen molar-refractivity contribution in [2.45, 2.75) is 39.2 Å². The van der Waals surface area contributed by atoms with Crippen LogP contribution in [0.2, 0.25) is 5.02 Å². The molecule has 5 nitrogen and oxygen atoms in total. The van der Waals surface area contributed by atoms with Crippen molar-refractivity contribution in [3.8, 4) is 0 Å². The molecule has 0 spiro atoms. The van der Waals surface area contributed by atoms with Crippen LogP contribution in [-0.2, 0) is 22.4 Å². The number of halogens is 1. The van der Waals surface area contributed by atoms with Crippen LogP contribution in [0.25, 0.3) is 0 Å². The van der Waals surface area contributed by atoms with Crippen LogP contribution in [0.4, 0.5) is 5.00 Å². The van der Waals surface area contributed by atoms with E-state index < -0.39 is 0 Å². The van der Waals surface area contributed by atoms with E-state index >= 15 is 0 Å². The van der Waals surface area contributed by atoms with E-state index in [1.165, 1.54) is 16.2 Å². The maximum Gasteiger partial charge on any atom is 0.341 e. The first kappa shape index (κ1) is 19.9. The standard InChI is InChI=1S/C20H23ClN2O3S/c1-3-26-20(25)18-14-8-6-10-16(14)27-19(18)23-17(24)11-22-12(2)13-7-4-5-9-15(13)21/h4-5,7,9,12,22H,3,6,8,10-11H2,1-2H3,(H,23,24). The number of rotatable bonds is 7. The largest absolute Gasteiger partial charge is 0.462 e. The number of carbonyl (C=O) groups excluding carboxylic acids is 2. The van der Waals surface area contributed by atoms with Crippen molar-refractivity contribution in [1.29, 1.82) is 0 Å². The lowest BCUT2D eigenvalue weighted by atomic mass is 10.1. The third-order valence-corrected chi connectivity index (χ3v) is 6.15. The number of fused-ring (bicyclic) bond motifs is 1. The Labute approximate surface area is 168 Å². The first-order valence-corrected chi connectivity index (χ1v) is 10.3. The third-order valence-electron chi connectivity index (χ3n) is 4.59. The number of carbonyl (C=O) groups is 2. The zero-order valence-corrected chi connectivity index (χ0v) is 17.0. The second-order valence-electron chi connectivity index (χ2n) is 6.45. The molecule has 2 N–H and O–H groups in total. The molecule has 1 aliphatic rings. The molecule has 144 valence electrons. The van der Waals surface area contributed by atoms with Gasteiger partial charge in [-0.3, -0.25) is 4.79 Å². The van der Waals surface area contributed by atoms with Crippen LogP contribution in [0.3, 0.4) is 0 Å². The van der Waals surface area contributed by atoms with Crippen molar-refractivity contribution < 1.29 is 14.3 Å². The molecule has 2 aromatic rings. The van der Waals surface area contributed by atoms with Gasteiger partial charge in [-0.05, 0) is 50.3 Å². The van der Waals surface area contributed by atoms with E-state index in [4.69, 9.17) is 16.3 Å². The molecule has 0 bridgehead atoms. The number of amides is 1. The Bertz CT molecular complexity index is 850. The average molecular weight is 407 g/mol. The molecule has 7 heteroatoms. The topological polar surface area (TPSA) is 67.4 Å². The zero-order valence-electron chi connectivity index (χ0n) is 15.4. The number of nitrogens with one attached hydrogen (secondary N) is 2. The van der Waals surface area contributed by atoms with E-state index in [2.05, 4.69) is 10.6 Å². The molecule has 27 heavy (non-hydrogen) atoms. The molecule has 1 amide bonds. The summed E-state index contributed by atoms with van der Waals surface area (Å²) in [6.07, 6.45) is 2.85. The number of thiophene rings is 1. The lowest BCUT2D eigenvalue weighted by Crippen LogP contribution is -2.30. The van der Waals surface area contributed by atoms with Crippen molar-refractivity contribution in [1.82, 2.24) is 5.32 Å². The predicted molar refractivity (Wildman–Crippen MR) is 109 cm³/mol. The van der Waals surface area contributed by atoms with Crippen molar-refractivity contribution in [3.63, 3.8) is 0 Å². The molecule has 1 unspecified atom stereocenters. The van der Waals surface area contributed by atoms with Gasteiger partial charge in [0.25, 0.3) is 0 Å². The molecular weight excluding hydrogens is 384 g/mol. The van der Waals surface area contributed by atoms with E-state index in [9.17, 15) is 9.59 Å². The van der Waals surface area contributed by atoms with Gasteiger partial charge in [0.15, 0.2) is 0 Å². The highest BCUT2D eigenvalue weighted by molar-refractivity contribution is 7.17. The van der Waals surface area contributed by atoms with E-state index in [1.54, 1.807) is 6.92 Å². The summed E-state index contributed by atoms with van der Waals surface area (Å²) in [5.41, 5.74) is 2.50. The van der Waals surface area contributed by atoms with Crippen LogP contribution >= 0.6 is 22.9 Å². The number of benzene rings is 1. The SMILES string of the molecule is CCOC(=O)c1c(NC(=O)CNC(C)c2ccccc2Cl)sc2c1CCC2. The van der Waals surface area contributed by atoms with Crippen LogP contribution in [0, 0.1) is 0 Å². The number of aryl methyl sites for hydroxylation is 1. The lowest BCUT2D eigenvalue weighted by molar-refractivity contribution is -0.115. The first-order valence-electron chi connectivity index (χ1n) is 9.10. The molecule has 3 rings (SSSR count). The number of hydrogen-bond acceptors (Lipinski definition) is 5. The van der Waals surface area contributed by atoms with Gasteiger partial charge < -0.3 is 15.4 Å². The molecule has 1 aromatic carbocycles. The van der Waals surface area contributed by atoms with Crippen LogP contribution in [0.1, 0.15) is 52.7 Å². The van der Waals surface area contributed by atoms with Gasteiger partial charge in [0.05, 0.1) is 18.7 Å². The molecule has 1 atom stereocenters. The highest BCUT2D eigenvalue weighted by atomic mass is 35.5. The highest BCUT2D eigenvalue weighted by Gasteiger charge is 2.28. The van der Waals surface area contributed by atoms with Crippen LogP contribution in [0.15, 0.2) is 24.3 Å². The molecule has 1 aromatic heterocycles. The van der Waals surface area contributed by atoms with Crippen molar-refractivity contribution in [2.24, 2.45) is 0 Å². The Morgan fingerprint density at radius 1 is 1.30 bits per heavy atom. The summed E-state index contributed by atoms with van der Waals surface area (Å²) >= 11 is 7.68. The van der Waals surface area contributed by atoms with Crippen molar-refractivity contribution in [2.75, 3.05) is 18.5 Å². The predicted octanol–water partition coefficient (Wildman–Crippen LogP) is 4.36. The van der Waals surface area contributed by atoms with Gasteiger partial charge in [0, 0.05) is 15.9 Å². The second-order valence-corrected chi connectivity index (χ2v) is 7.97. The minimum atomic E-state index is -0.357. The Kier molecular flexibility index (Phi) is 6.52. The molecule has 0 saturated heterocycles. The van der Waals surface area contributed by atoms with E-state index in [-0.39, 0.29) is 24.5 Å². The van der Waals surface area contributed by atoms with Gasteiger partial charge in [-0.1, -0.05) is 29.8 Å². The van der Waals surface area contributed by atoms with Crippen LogP contribution < -0.4 is 10.6 Å². The fourth-order valence-corrected chi connectivity index (χ4v) is 4.86. The molecule has 1 heterocycles. The summed E-state index contributed by atoms with van der Waals surface area (Å²) in [7, 11) is 0. The summed E-state index contributed by atoms with van der Waals surface area (Å²) in [5.74, 6) is -0.552. The third kappa shape index (κ3) is 4.51. The maximum atomic E-state index is 12.4. The van der Waals surface area contributed by atoms with Crippen LogP contribution in [-0.4, -0.2) is 25.0 Å². The summed E-state index contributed by atoms with van der Waals surface area (Å²) in [5, 5.41) is 7.32. The summed E-state index contributed by atoms with van der Waals surface area (Å²) in [6.45, 7) is 4.17.